The molecular weight excluding hydrogens is 228 g/mol. The molecule has 0 spiro atoms. The van der Waals surface area contributed by atoms with E-state index in [0.717, 1.165) is 30.0 Å². The molecule has 1 unspecified atom stereocenters. The fourth-order valence-electron chi connectivity index (χ4n) is 2.44. The van der Waals surface area contributed by atoms with Crippen molar-refractivity contribution >= 4 is 11.6 Å². The molecule has 4 heteroatoms. The molecule has 1 saturated heterocycles. The van der Waals surface area contributed by atoms with Gasteiger partial charge in [-0.3, -0.25) is 4.79 Å². The zero-order valence-corrected chi connectivity index (χ0v) is 11.0. The SMILES string of the molecule is COc1cccc(C2CCCCN2)c1NC(C)=O. The first-order valence-corrected chi connectivity index (χ1v) is 6.40. The second-order valence-corrected chi connectivity index (χ2v) is 4.61. The summed E-state index contributed by atoms with van der Waals surface area (Å²) in [5, 5.41) is 6.38. The zero-order valence-electron chi connectivity index (χ0n) is 11.0. The lowest BCUT2D eigenvalue weighted by Crippen LogP contribution is -2.27. The minimum absolute atomic E-state index is 0.0726. The number of rotatable bonds is 3. The first-order valence-electron chi connectivity index (χ1n) is 6.40. The third kappa shape index (κ3) is 2.82. The lowest BCUT2D eigenvalue weighted by molar-refractivity contribution is -0.114. The molecule has 1 fully saturated rings. The highest BCUT2D eigenvalue weighted by Crippen LogP contribution is 2.35. The van der Waals surface area contributed by atoms with Crippen LogP contribution in [-0.2, 0) is 4.79 Å². The summed E-state index contributed by atoms with van der Waals surface area (Å²) in [5.41, 5.74) is 1.91. The van der Waals surface area contributed by atoms with E-state index >= 15 is 0 Å². The second-order valence-electron chi connectivity index (χ2n) is 4.61. The number of piperidine rings is 1. The normalized spacial score (nSPS) is 19.3. The molecule has 0 saturated carbocycles. The topological polar surface area (TPSA) is 50.4 Å². The molecule has 1 aliphatic rings. The monoisotopic (exact) mass is 248 g/mol. The third-order valence-corrected chi connectivity index (χ3v) is 3.27. The molecule has 0 aromatic heterocycles. The van der Waals surface area contributed by atoms with Gasteiger partial charge in [0, 0.05) is 13.0 Å². The van der Waals surface area contributed by atoms with Crippen LogP contribution >= 0.6 is 0 Å². The molecule has 1 atom stereocenters. The van der Waals surface area contributed by atoms with E-state index in [1.54, 1.807) is 7.11 Å². The van der Waals surface area contributed by atoms with Crippen molar-refractivity contribution in [3.8, 4) is 5.75 Å². The van der Waals surface area contributed by atoms with Gasteiger partial charge in [-0.2, -0.15) is 0 Å². The number of carbonyl (C=O) groups excluding carboxylic acids is 1. The molecule has 4 nitrogen and oxygen atoms in total. The van der Waals surface area contributed by atoms with E-state index in [9.17, 15) is 4.79 Å². The van der Waals surface area contributed by atoms with Crippen LogP contribution in [0.25, 0.3) is 0 Å². The number of ether oxygens (including phenoxy) is 1. The number of nitrogens with one attached hydrogen (secondary N) is 2. The van der Waals surface area contributed by atoms with Crippen molar-refractivity contribution in [2.45, 2.75) is 32.2 Å². The quantitative estimate of drug-likeness (QED) is 0.864. The minimum Gasteiger partial charge on any atom is -0.495 e. The summed E-state index contributed by atoms with van der Waals surface area (Å²) in [6.45, 7) is 2.55. The lowest BCUT2D eigenvalue weighted by Gasteiger charge is -2.26. The van der Waals surface area contributed by atoms with Crippen LogP contribution in [0.15, 0.2) is 18.2 Å². The molecule has 1 amide bonds. The predicted molar refractivity (Wildman–Crippen MR) is 71.9 cm³/mol. The molecule has 1 aromatic rings. The van der Waals surface area contributed by atoms with Crippen LogP contribution in [0, 0.1) is 0 Å². The number of hydrogen-bond acceptors (Lipinski definition) is 3. The number of carbonyl (C=O) groups is 1. The maximum atomic E-state index is 11.3. The van der Waals surface area contributed by atoms with Gasteiger partial charge in [0.2, 0.25) is 5.91 Å². The third-order valence-electron chi connectivity index (χ3n) is 3.27. The van der Waals surface area contributed by atoms with Gasteiger partial charge in [-0.15, -0.1) is 0 Å². The van der Waals surface area contributed by atoms with Crippen LogP contribution < -0.4 is 15.4 Å². The molecule has 1 heterocycles. The summed E-state index contributed by atoms with van der Waals surface area (Å²) in [4.78, 5) is 11.3. The van der Waals surface area contributed by atoms with Crippen LogP contribution in [-0.4, -0.2) is 19.6 Å². The number of para-hydroxylation sites is 1. The van der Waals surface area contributed by atoms with Gasteiger partial charge in [0.25, 0.3) is 0 Å². The Balaban J connectivity index is 2.34. The first kappa shape index (κ1) is 12.9. The van der Waals surface area contributed by atoms with Crippen molar-refractivity contribution in [1.82, 2.24) is 5.32 Å². The Morgan fingerprint density at radius 2 is 2.28 bits per heavy atom. The van der Waals surface area contributed by atoms with E-state index in [1.807, 2.05) is 12.1 Å². The van der Waals surface area contributed by atoms with E-state index < -0.39 is 0 Å². The average molecular weight is 248 g/mol. The van der Waals surface area contributed by atoms with Crippen LogP contribution in [0.3, 0.4) is 0 Å². The van der Waals surface area contributed by atoms with Crippen molar-refractivity contribution in [3.63, 3.8) is 0 Å². The van der Waals surface area contributed by atoms with Crippen LogP contribution in [0.4, 0.5) is 5.69 Å². The minimum atomic E-state index is -0.0726. The molecule has 18 heavy (non-hydrogen) atoms. The number of hydrogen-bond donors (Lipinski definition) is 2. The number of amides is 1. The maximum absolute atomic E-state index is 11.3. The maximum Gasteiger partial charge on any atom is 0.221 e. The van der Waals surface area contributed by atoms with Gasteiger partial charge in [-0.1, -0.05) is 18.6 Å². The lowest BCUT2D eigenvalue weighted by atomic mass is 9.95. The van der Waals surface area contributed by atoms with Crippen molar-refractivity contribution in [2.24, 2.45) is 0 Å². The summed E-state index contributed by atoms with van der Waals surface area (Å²) in [6.07, 6.45) is 3.53. The second kappa shape index (κ2) is 5.87. The van der Waals surface area contributed by atoms with Gasteiger partial charge >= 0.3 is 0 Å². The van der Waals surface area contributed by atoms with Gasteiger partial charge in [-0.25, -0.2) is 0 Å². The number of benzene rings is 1. The molecule has 0 radical (unpaired) electrons. The highest BCUT2D eigenvalue weighted by molar-refractivity contribution is 5.91. The van der Waals surface area contributed by atoms with Gasteiger partial charge in [0.15, 0.2) is 0 Å². The molecular formula is C14H20N2O2. The fraction of sp³-hybridized carbons (Fsp3) is 0.500. The Morgan fingerprint density at radius 1 is 1.44 bits per heavy atom. The summed E-state index contributed by atoms with van der Waals surface area (Å²) in [6, 6.07) is 6.19. The highest BCUT2D eigenvalue weighted by atomic mass is 16.5. The van der Waals surface area contributed by atoms with Gasteiger partial charge in [0.05, 0.1) is 12.8 Å². The van der Waals surface area contributed by atoms with Crippen molar-refractivity contribution in [1.29, 1.82) is 0 Å². The number of anilines is 1. The summed E-state index contributed by atoms with van der Waals surface area (Å²) in [5.74, 6) is 0.645. The van der Waals surface area contributed by atoms with Crippen LogP contribution in [0.1, 0.15) is 37.8 Å². The van der Waals surface area contributed by atoms with Crippen molar-refractivity contribution < 1.29 is 9.53 Å². The van der Waals surface area contributed by atoms with Crippen molar-refractivity contribution in [2.75, 3.05) is 19.0 Å². The zero-order chi connectivity index (χ0) is 13.0. The molecule has 0 aliphatic carbocycles. The Bertz CT molecular complexity index is 426. The molecule has 98 valence electrons. The van der Waals surface area contributed by atoms with Crippen molar-refractivity contribution in [3.05, 3.63) is 23.8 Å². The standard InChI is InChI=1S/C14H20N2O2/c1-10(17)16-14-11(6-5-8-13(14)18-2)12-7-3-4-9-15-12/h5-6,8,12,15H,3-4,7,9H2,1-2H3,(H,16,17). The highest BCUT2D eigenvalue weighted by Gasteiger charge is 2.20. The molecule has 1 aliphatic heterocycles. The van der Waals surface area contributed by atoms with E-state index in [0.29, 0.717) is 6.04 Å². The van der Waals surface area contributed by atoms with E-state index in [4.69, 9.17) is 4.74 Å². The predicted octanol–water partition coefficient (Wildman–Crippen LogP) is 2.47. The van der Waals surface area contributed by atoms with Gasteiger partial charge in [-0.05, 0) is 31.0 Å². The summed E-state index contributed by atoms with van der Waals surface area (Å²) >= 11 is 0. The Hall–Kier alpha value is -1.55. The molecule has 2 rings (SSSR count). The number of methoxy groups -OCH3 is 1. The molecule has 2 N–H and O–H groups in total. The fourth-order valence-corrected chi connectivity index (χ4v) is 2.44. The van der Waals surface area contributed by atoms with Crippen LogP contribution in [0.5, 0.6) is 5.75 Å². The summed E-state index contributed by atoms with van der Waals surface area (Å²) < 4.78 is 5.34. The molecule has 1 aromatic carbocycles. The molecule has 0 bridgehead atoms. The first-order chi connectivity index (χ1) is 8.72. The van der Waals surface area contributed by atoms with E-state index in [-0.39, 0.29) is 5.91 Å². The van der Waals surface area contributed by atoms with E-state index in [2.05, 4.69) is 16.7 Å². The largest absolute Gasteiger partial charge is 0.495 e. The van der Waals surface area contributed by atoms with E-state index in [1.165, 1.54) is 19.8 Å². The van der Waals surface area contributed by atoms with Crippen LogP contribution in [0.2, 0.25) is 0 Å². The summed E-state index contributed by atoms with van der Waals surface area (Å²) in [7, 11) is 1.62. The average Bonchev–Trinajstić information content (AvgIpc) is 2.39. The smallest absolute Gasteiger partial charge is 0.221 e. The van der Waals surface area contributed by atoms with Gasteiger partial charge in [0.1, 0.15) is 5.75 Å². The Labute approximate surface area is 108 Å². The van der Waals surface area contributed by atoms with Gasteiger partial charge < -0.3 is 15.4 Å². The Morgan fingerprint density at radius 3 is 2.89 bits per heavy atom. The Kier molecular flexibility index (Phi) is 4.20.